The Balaban J connectivity index is 0.000000269. The van der Waals surface area contributed by atoms with Crippen LogP contribution in [0.5, 0.6) is 34.5 Å². The third-order valence-corrected chi connectivity index (χ3v) is 20.1. The SMILES string of the molecule is CC(C)(C(F)(F)F)C(F)(F)F.CC(C)(C)C.CC(C)(c1ccccc1)C(F)(F)F.COC.COc1ccc(-c2ccc(-c3ccc(O)cc3)cc2)cc1.COc1ccc(-c2ccc(OC)cc2)cc1.COc1ccc(OC)cc1.Cc1ccc(-c2ccc(-c3nc4cc(C(c5ccc6oc(C)nc6c5)(C(F)(F)F)C(F)(F)F)ccc4o3)cc2C(F)(F)F)c(C(F)(F)F)c1.Cc1ccc(C)cc1. The van der Waals surface area contributed by atoms with Crippen LogP contribution >= 0.6 is 0 Å². The molecular weight excluding hydrogens is 1820 g/mol. The second kappa shape index (κ2) is 46.9. The average molecular weight is 1920 g/mol. The van der Waals surface area contributed by atoms with E-state index >= 15 is 0 Å². The average Bonchev–Trinajstić information content (AvgIpc) is 1.11. The second-order valence-electron chi connectivity index (χ2n) is 33.0. The highest BCUT2D eigenvalue weighted by Gasteiger charge is 2.73. The summed E-state index contributed by atoms with van der Waals surface area (Å²) in [4.78, 5) is 7.72. The van der Waals surface area contributed by atoms with Gasteiger partial charge in [0.05, 0.1) is 52.1 Å². The van der Waals surface area contributed by atoms with Gasteiger partial charge in [0, 0.05) is 26.7 Å². The Hall–Kier alpha value is -13.1. The fourth-order valence-corrected chi connectivity index (χ4v) is 12.2. The van der Waals surface area contributed by atoms with Crippen molar-refractivity contribution in [3.8, 4) is 90.5 Å². The molecule has 2 heterocycles. The van der Waals surface area contributed by atoms with Crippen LogP contribution in [0, 0.1) is 38.5 Å². The van der Waals surface area contributed by atoms with Gasteiger partial charge < -0.3 is 42.4 Å². The zero-order valence-electron chi connectivity index (χ0n) is 77.5. The molecule has 0 aliphatic rings. The van der Waals surface area contributed by atoms with Gasteiger partial charge in [0.1, 0.15) is 45.5 Å². The number of methoxy groups -OCH3 is 6. The molecule has 730 valence electrons. The first kappa shape index (κ1) is 112. The molecule has 2 aromatic heterocycles. The van der Waals surface area contributed by atoms with Gasteiger partial charge in [0.15, 0.2) is 22.5 Å². The lowest BCUT2D eigenvalue weighted by Crippen LogP contribution is -2.54. The maximum absolute atomic E-state index is 14.8. The minimum absolute atomic E-state index is 0.00492. The van der Waals surface area contributed by atoms with Gasteiger partial charge in [-0.3, -0.25) is 0 Å². The fourth-order valence-electron chi connectivity index (χ4n) is 12.2. The number of phenols is 1. The molecule has 0 fully saturated rings. The highest BCUT2D eigenvalue weighted by atomic mass is 19.4. The number of phenolic OH excluding ortho intramolecular Hbond substituents is 1. The molecular formula is C104H103F21N2O9. The Morgan fingerprint density at radius 3 is 0.875 bits per heavy atom. The lowest BCUT2D eigenvalue weighted by atomic mass is 9.72. The molecule has 0 aliphatic heterocycles. The first-order chi connectivity index (χ1) is 63.1. The van der Waals surface area contributed by atoms with Gasteiger partial charge in [-0.25, -0.2) is 9.97 Å². The number of oxazole rings is 2. The highest BCUT2D eigenvalue weighted by molar-refractivity contribution is 5.81. The Morgan fingerprint density at radius 2 is 0.566 bits per heavy atom. The Kier molecular flexibility index (Phi) is 38.5. The van der Waals surface area contributed by atoms with Gasteiger partial charge in [-0.1, -0.05) is 202 Å². The van der Waals surface area contributed by atoms with E-state index in [-0.39, 0.29) is 47.7 Å². The molecule has 0 bridgehead atoms. The van der Waals surface area contributed by atoms with E-state index in [0.717, 1.165) is 75.8 Å². The van der Waals surface area contributed by atoms with E-state index < -0.39 is 110 Å². The number of hydrogen-bond donors (Lipinski definition) is 1. The first-order valence-corrected chi connectivity index (χ1v) is 41.1. The zero-order valence-corrected chi connectivity index (χ0v) is 77.5. The van der Waals surface area contributed by atoms with Gasteiger partial charge >= 0.3 is 43.2 Å². The standard InChI is InChI=1S/C33H18F12N2O2.C19H16O2.C14H14O2.C10H11F3.C8H10O2.C8H10.C5H6F6.C5H12.C2H6O/c1-15-3-7-20(22(11-15)30(34,35)36)21-8-4-17(12-23(21)31(37,38)39)28-47-25-14-19(6-10-27(25)49-28)29(32(40,41)42,33(43,44)45)18-5-9-26-24(13-18)46-16(2)48-26;1-21-19-12-8-17(9-13-19)15-4-2-14(3-5-15)16-6-10-18(20)11-7-16;1-15-13-7-3-11(4-8-13)12-5-9-14(16-2)10-6-12;1-9(2,10(11,12)13)8-6-4-3-5-7-8;1-9-7-3-5-8(10-2)6-4-7;1-7-3-5-8(2)6-4-7;1-3(2,4(6,7)8)5(9,10)11;1-5(2,3)4;1-3-2/h3-14H,1-2H3;2-13,20H,1H3;3-10H,1-2H3;3-7H,1-2H3;3-6H,1-2H3;3-6H,1-2H3;1-2H3;1-4H3;1-2H3. The molecule has 0 radical (unpaired) electrons. The number of rotatable bonds is 13. The van der Waals surface area contributed by atoms with E-state index in [1.54, 1.807) is 80.1 Å². The normalized spacial score (nSPS) is 11.9. The van der Waals surface area contributed by atoms with Crippen molar-refractivity contribution in [3.05, 3.63) is 323 Å². The molecule has 32 heteroatoms. The van der Waals surface area contributed by atoms with Crippen LogP contribution in [0.2, 0.25) is 0 Å². The van der Waals surface area contributed by atoms with Crippen LogP contribution in [0.25, 0.3) is 78.2 Å². The number of halogens is 21. The number of aromatic nitrogens is 2. The molecule has 12 aromatic carbocycles. The topological polar surface area (TPSA) is 128 Å². The fraction of sp³-hybridized carbons (Fsp3) is 0.288. The molecule has 0 atom stereocenters. The molecule has 14 rings (SSSR count). The Bertz CT molecular complexity index is 5890. The van der Waals surface area contributed by atoms with Crippen molar-refractivity contribution >= 4 is 22.2 Å². The Morgan fingerprint density at radius 1 is 0.279 bits per heavy atom. The molecule has 1 N–H and O–H groups in total. The summed E-state index contributed by atoms with van der Waals surface area (Å²) in [5, 5.41) is 9.33. The zero-order chi connectivity index (χ0) is 102. The van der Waals surface area contributed by atoms with Gasteiger partial charge in [0.25, 0.3) is 0 Å². The van der Waals surface area contributed by atoms with Crippen molar-refractivity contribution in [2.24, 2.45) is 10.8 Å². The van der Waals surface area contributed by atoms with E-state index in [1.807, 2.05) is 109 Å². The van der Waals surface area contributed by atoms with Gasteiger partial charge in [-0.15, -0.1) is 0 Å². The van der Waals surface area contributed by atoms with Crippen LogP contribution in [0.4, 0.5) is 92.2 Å². The lowest BCUT2D eigenvalue weighted by molar-refractivity contribution is -0.327. The molecule has 136 heavy (non-hydrogen) atoms. The van der Waals surface area contributed by atoms with Crippen LogP contribution in [0.1, 0.15) is 106 Å². The lowest BCUT2D eigenvalue weighted by Gasteiger charge is -2.38. The van der Waals surface area contributed by atoms with E-state index in [1.165, 1.54) is 73.7 Å². The van der Waals surface area contributed by atoms with Crippen molar-refractivity contribution in [3.63, 3.8) is 0 Å². The number of nitrogens with zero attached hydrogens (tertiary/aromatic N) is 2. The number of aryl methyl sites for hydroxylation is 4. The first-order valence-electron chi connectivity index (χ1n) is 41.1. The van der Waals surface area contributed by atoms with Crippen LogP contribution < -0.4 is 23.7 Å². The minimum atomic E-state index is -5.99. The number of benzene rings is 12. The van der Waals surface area contributed by atoms with Gasteiger partial charge in [-0.2, -0.15) is 92.2 Å². The second-order valence-corrected chi connectivity index (χ2v) is 33.0. The third-order valence-electron chi connectivity index (χ3n) is 20.1. The molecule has 0 amide bonds. The van der Waals surface area contributed by atoms with Crippen LogP contribution in [0.15, 0.2) is 282 Å². The van der Waals surface area contributed by atoms with E-state index in [2.05, 4.69) is 105 Å². The van der Waals surface area contributed by atoms with Crippen LogP contribution in [0.3, 0.4) is 0 Å². The van der Waals surface area contributed by atoms with Crippen LogP contribution in [-0.2, 0) is 27.9 Å². The van der Waals surface area contributed by atoms with Gasteiger partial charge in [0.2, 0.25) is 11.3 Å². The summed E-state index contributed by atoms with van der Waals surface area (Å²) >= 11 is 0. The number of aromatic hydroxyl groups is 1. The van der Waals surface area contributed by atoms with E-state index in [4.69, 9.17) is 32.5 Å². The molecule has 0 saturated carbocycles. The van der Waals surface area contributed by atoms with Gasteiger partial charge in [-0.05, 0) is 230 Å². The number of hydrogen-bond acceptors (Lipinski definition) is 11. The number of alkyl halides is 21. The number of fused-ring (bicyclic) bond motifs is 2. The molecule has 11 nitrogen and oxygen atoms in total. The van der Waals surface area contributed by atoms with Crippen molar-refractivity contribution < 1.29 is 135 Å². The van der Waals surface area contributed by atoms with E-state index in [9.17, 15) is 97.3 Å². The maximum atomic E-state index is 14.8. The molecule has 0 saturated heterocycles. The quantitative estimate of drug-likeness (QED) is 0.111. The largest absolute Gasteiger partial charge is 0.508 e. The monoisotopic (exact) mass is 1920 g/mol. The Labute approximate surface area is 774 Å². The smallest absolute Gasteiger partial charge is 0.417 e. The predicted molar refractivity (Wildman–Crippen MR) is 487 cm³/mol. The van der Waals surface area contributed by atoms with Crippen molar-refractivity contribution in [1.82, 2.24) is 9.97 Å². The van der Waals surface area contributed by atoms with Crippen molar-refractivity contribution in [1.29, 1.82) is 0 Å². The molecule has 0 spiro atoms. The van der Waals surface area contributed by atoms with Crippen molar-refractivity contribution in [2.75, 3.05) is 49.8 Å². The third kappa shape index (κ3) is 30.7. The summed E-state index contributed by atoms with van der Waals surface area (Å²) in [6.07, 6.45) is -36.9. The summed E-state index contributed by atoms with van der Waals surface area (Å²) in [7, 11) is 11.5. The maximum Gasteiger partial charge on any atom is 0.417 e. The molecule has 14 aromatic rings. The minimum Gasteiger partial charge on any atom is -0.508 e. The number of ether oxygens (including phenoxy) is 6. The highest BCUT2D eigenvalue weighted by Crippen LogP contribution is 2.58. The summed E-state index contributed by atoms with van der Waals surface area (Å²) in [6, 6.07) is 72.2. The summed E-state index contributed by atoms with van der Waals surface area (Å²) in [6.45, 7) is 18.2. The molecule has 0 aliphatic carbocycles. The molecule has 0 unspecified atom stereocenters. The predicted octanol–water partition coefficient (Wildman–Crippen LogP) is 32.5. The van der Waals surface area contributed by atoms with Crippen molar-refractivity contribution in [2.45, 2.75) is 137 Å². The summed E-state index contributed by atoms with van der Waals surface area (Å²) < 4.78 is 320. The van der Waals surface area contributed by atoms with E-state index in [0.29, 0.717) is 47.4 Å². The summed E-state index contributed by atoms with van der Waals surface area (Å²) in [5.41, 5.74) is -8.28. The van der Waals surface area contributed by atoms with Crippen LogP contribution in [-0.4, -0.2) is 95.7 Å². The summed E-state index contributed by atoms with van der Waals surface area (Å²) in [5.74, 6) is 3.94.